The van der Waals surface area contributed by atoms with Gasteiger partial charge in [0.05, 0.1) is 12.2 Å². The second-order valence-corrected chi connectivity index (χ2v) is 6.68. The summed E-state index contributed by atoms with van der Waals surface area (Å²) in [5.41, 5.74) is 1.39. The first-order chi connectivity index (χ1) is 8.28. The summed E-state index contributed by atoms with van der Waals surface area (Å²) in [6.45, 7) is 9.91. The summed E-state index contributed by atoms with van der Waals surface area (Å²) in [6.07, 6.45) is 0.106. The number of aliphatic hydroxyl groups is 2. The number of rotatable bonds is 0. The van der Waals surface area contributed by atoms with Gasteiger partial charge in [-0.05, 0) is 30.3 Å². The Morgan fingerprint density at radius 3 is 2.50 bits per heavy atom. The minimum atomic E-state index is -0.812. The summed E-state index contributed by atoms with van der Waals surface area (Å²) in [7, 11) is 0. The lowest BCUT2D eigenvalue weighted by Gasteiger charge is -2.50. The van der Waals surface area contributed by atoms with E-state index in [2.05, 4.69) is 6.58 Å². The molecule has 0 aliphatic heterocycles. The first kappa shape index (κ1) is 12.1. The van der Waals surface area contributed by atoms with Crippen LogP contribution in [0.5, 0.6) is 0 Å². The van der Waals surface area contributed by atoms with Crippen LogP contribution in [-0.2, 0) is 4.79 Å². The van der Waals surface area contributed by atoms with Gasteiger partial charge in [-0.25, -0.2) is 0 Å². The highest BCUT2D eigenvalue weighted by molar-refractivity contribution is 5.97. The Hall–Kier alpha value is -0.930. The molecule has 3 aliphatic rings. The summed E-state index contributed by atoms with van der Waals surface area (Å²) < 4.78 is 0. The van der Waals surface area contributed by atoms with E-state index in [1.54, 1.807) is 6.08 Å². The third-order valence-corrected chi connectivity index (χ3v) is 5.48. The van der Waals surface area contributed by atoms with Gasteiger partial charge < -0.3 is 10.2 Å². The van der Waals surface area contributed by atoms with E-state index >= 15 is 0 Å². The lowest BCUT2D eigenvalue weighted by molar-refractivity contribution is -0.143. The number of ketones is 1. The van der Waals surface area contributed by atoms with Crippen LogP contribution in [0.1, 0.15) is 20.8 Å². The summed E-state index contributed by atoms with van der Waals surface area (Å²) in [6, 6.07) is 0. The number of carbonyl (C=O) groups is 1. The van der Waals surface area contributed by atoms with E-state index in [1.165, 1.54) is 0 Å². The predicted octanol–water partition coefficient (Wildman–Crippen LogP) is 1.31. The molecule has 4 bridgehead atoms. The van der Waals surface area contributed by atoms with Crippen LogP contribution in [0.15, 0.2) is 23.8 Å². The van der Waals surface area contributed by atoms with Gasteiger partial charge >= 0.3 is 0 Å². The molecule has 0 heterocycles. The van der Waals surface area contributed by atoms with Crippen molar-refractivity contribution in [2.45, 2.75) is 33.0 Å². The fraction of sp³-hybridized carbons (Fsp3) is 0.667. The summed E-state index contributed by atoms with van der Waals surface area (Å²) in [4.78, 5) is 12.2. The maximum Gasteiger partial charge on any atom is 0.163 e. The van der Waals surface area contributed by atoms with Crippen molar-refractivity contribution in [3.63, 3.8) is 0 Å². The fourth-order valence-corrected chi connectivity index (χ4v) is 4.59. The molecule has 0 aromatic carbocycles. The van der Waals surface area contributed by atoms with Gasteiger partial charge in [0.25, 0.3) is 0 Å². The standard InChI is InChI=1S/C15H20O3/c1-6-5-8(16)10-7(2)11-9(6)12(10)15(3,4)14(18)13(11)17/h5,9-14,17-18H,2H2,1,3-4H3/t9-,10-,11+,12+,13+,14-/m1/s1. The van der Waals surface area contributed by atoms with Crippen molar-refractivity contribution in [1.82, 2.24) is 0 Å². The van der Waals surface area contributed by atoms with Crippen molar-refractivity contribution >= 4 is 5.78 Å². The number of hydrogen-bond acceptors (Lipinski definition) is 3. The molecule has 98 valence electrons. The molecule has 0 spiro atoms. The van der Waals surface area contributed by atoms with E-state index in [0.29, 0.717) is 0 Å². The highest BCUT2D eigenvalue weighted by Gasteiger charge is 2.65. The second-order valence-electron chi connectivity index (χ2n) is 6.68. The summed E-state index contributed by atoms with van der Waals surface area (Å²) in [5.74, 6) is -0.0497. The maximum atomic E-state index is 12.2. The Morgan fingerprint density at radius 2 is 1.89 bits per heavy atom. The van der Waals surface area contributed by atoms with Gasteiger partial charge in [0.15, 0.2) is 5.78 Å². The van der Waals surface area contributed by atoms with E-state index in [1.807, 2.05) is 20.8 Å². The average Bonchev–Trinajstić information content (AvgIpc) is 2.52. The molecular weight excluding hydrogens is 228 g/mol. The molecule has 3 nitrogen and oxygen atoms in total. The van der Waals surface area contributed by atoms with Crippen LogP contribution in [0.3, 0.4) is 0 Å². The molecule has 3 aliphatic carbocycles. The molecule has 3 heteroatoms. The molecule has 0 radical (unpaired) electrons. The average molecular weight is 248 g/mol. The van der Waals surface area contributed by atoms with Crippen LogP contribution >= 0.6 is 0 Å². The second kappa shape index (κ2) is 3.34. The van der Waals surface area contributed by atoms with Crippen LogP contribution in [0.2, 0.25) is 0 Å². The minimum absolute atomic E-state index is 0.0749. The van der Waals surface area contributed by atoms with E-state index in [4.69, 9.17) is 0 Å². The summed E-state index contributed by atoms with van der Waals surface area (Å²) in [5, 5.41) is 20.7. The van der Waals surface area contributed by atoms with E-state index in [0.717, 1.165) is 11.1 Å². The molecule has 3 rings (SSSR count). The molecular formula is C15H20O3. The molecule has 0 aromatic rings. The number of aliphatic hydroxyl groups excluding tert-OH is 2. The van der Waals surface area contributed by atoms with Crippen molar-refractivity contribution in [1.29, 1.82) is 0 Å². The van der Waals surface area contributed by atoms with Gasteiger partial charge in [0.1, 0.15) is 0 Å². The normalized spacial score (nSPS) is 49.3. The number of hydrogen-bond donors (Lipinski definition) is 2. The first-order valence-corrected chi connectivity index (χ1v) is 6.55. The summed E-state index contributed by atoms with van der Waals surface area (Å²) >= 11 is 0. The topological polar surface area (TPSA) is 57.5 Å². The molecule has 2 saturated carbocycles. The van der Waals surface area contributed by atoms with Gasteiger partial charge in [0, 0.05) is 11.8 Å². The largest absolute Gasteiger partial charge is 0.390 e. The van der Waals surface area contributed by atoms with Gasteiger partial charge in [-0.3, -0.25) is 4.79 Å². The highest BCUT2D eigenvalue weighted by atomic mass is 16.3. The molecule has 2 fully saturated rings. The molecule has 2 N–H and O–H groups in total. The third-order valence-electron chi connectivity index (χ3n) is 5.48. The lowest BCUT2D eigenvalue weighted by Crippen LogP contribution is -2.55. The Bertz CT molecular complexity index is 474. The molecule has 6 atom stereocenters. The number of allylic oxidation sites excluding steroid dienone is 2. The smallest absolute Gasteiger partial charge is 0.163 e. The molecule has 0 unspecified atom stereocenters. The monoisotopic (exact) mass is 248 g/mol. The zero-order valence-corrected chi connectivity index (χ0v) is 11.1. The maximum absolute atomic E-state index is 12.2. The van der Waals surface area contributed by atoms with Crippen LogP contribution in [0.4, 0.5) is 0 Å². The van der Waals surface area contributed by atoms with E-state index in [-0.39, 0.29) is 29.5 Å². The molecule has 0 amide bonds. The van der Waals surface area contributed by atoms with Crippen LogP contribution in [0.25, 0.3) is 0 Å². The van der Waals surface area contributed by atoms with Crippen LogP contribution in [0, 0.1) is 29.1 Å². The van der Waals surface area contributed by atoms with Gasteiger partial charge in [0.2, 0.25) is 0 Å². The van der Waals surface area contributed by atoms with Gasteiger partial charge in [-0.2, -0.15) is 0 Å². The minimum Gasteiger partial charge on any atom is -0.390 e. The Kier molecular flexibility index (Phi) is 2.25. The Balaban J connectivity index is 2.22. The lowest BCUT2D eigenvalue weighted by atomic mass is 9.56. The number of carbonyl (C=O) groups excluding carboxylic acids is 1. The van der Waals surface area contributed by atoms with Crippen LogP contribution in [-0.4, -0.2) is 28.2 Å². The molecule has 0 aromatic heterocycles. The van der Waals surface area contributed by atoms with Crippen molar-refractivity contribution in [2.75, 3.05) is 0 Å². The van der Waals surface area contributed by atoms with Crippen LogP contribution < -0.4 is 0 Å². The van der Waals surface area contributed by atoms with E-state index < -0.39 is 17.6 Å². The highest BCUT2D eigenvalue weighted by Crippen LogP contribution is 2.63. The molecule has 18 heavy (non-hydrogen) atoms. The fourth-order valence-electron chi connectivity index (χ4n) is 4.59. The van der Waals surface area contributed by atoms with Gasteiger partial charge in [-0.15, -0.1) is 0 Å². The SMILES string of the molecule is C=C1[C@@H]2C(=O)C=C(C)[C@@H]3[C@H]1[C@H](O)[C@@H](O)C(C)(C)[C@H]23. The van der Waals surface area contributed by atoms with Crippen molar-refractivity contribution in [3.8, 4) is 0 Å². The Labute approximate surface area is 107 Å². The Morgan fingerprint density at radius 1 is 1.28 bits per heavy atom. The molecule has 0 saturated heterocycles. The van der Waals surface area contributed by atoms with Crippen molar-refractivity contribution < 1.29 is 15.0 Å². The van der Waals surface area contributed by atoms with E-state index in [9.17, 15) is 15.0 Å². The zero-order chi connectivity index (χ0) is 13.4. The predicted molar refractivity (Wildman–Crippen MR) is 67.7 cm³/mol. The first-order valence-electron chi connectivity index (χ1n) is 6.55. The van der Waals surface area contributed by atoms with Crippen molar-refractivity contribution in [3.05, 3.63) is 23.8 Å². The van der Waals surface area contributed by atoms with Gasteiger partial charge in [-0.1, -0.05) is 31.6 Å². The quantitative estimate of drug-likeness (QED) is 0.636. The zero-order valence-electron chi connectivity index (χ0n) is 11.1. The third kappa shape index (κ3) is 1.14. The van der Waals surface area contributed by atoms with Crippen molar-refractivity contribution in [2.24, 2.45) is 29.1 Å².